The van der Waals surface area contributed by atoms with Gasteiger partial charge >= 0.3 is 5.97 Å². The number of nitrogens with one attached hydrogen (secondary N) is 1. The first-order chi connectivity index (χ1) is 8.70. The number of ether oxygens (including phenoxy) is 1. The Morgan fingerprint density at radius 3 is 2.83 bits per heavy atom. The summed E-state index contributed by atoms with van der Waals surface area (Å²) in [4.78, 5) is 24.3. The SMILES string of the molecule is COC(=O)C[C@H](NC(=O)C1CCC1)c1cccs1. The summed E-state index contributed by atoms with van der Waals surface area (Å²) in [5.74, 6) is -0.115. The Balaban J connectivity index is 1.99. The molecular formula is C13H17NO3S. The number of carbonyl (C=O) groups is 2. The molecular weight excluding hydrogens is 250 g/mol. The Hall–Kier alpha value is -1.36. The van der Waals surface area contributed by atoms with E-state index in [4.69, 9.17) is 0 Å². The van der Waals surface area contributed by atoms with Gasteiger partial charge in [-0.25, -0.2) is 0 Å². The average Bonchev–Trinajstić information content (AvgIpc) is 2.78. The van der Waals surface area contributed by atoms with Gasteiger partial charge in [0.1, 0.15) is 0 Å². The van der Waals surface area contributed by atoms with Gasteiger partial charge in [0, 0.05) is 10.8 Å². The first-order valence-electron chi connectivity index (χ1n) is 6.11. The summed E-state index contributed by atoms with van der Waals surface area (Å²) >= 11 is 1.54. The molecule has 4 nitrogen and oxygen atoms in total. The number of esters is 1. The maximum Gasteiger partial charge on any atom is 0.307 e. The summed E-state index contributed by atoms with van der Waals surface area (Å²) in [6.07, 6.45) is 3.23. The summed E-state index contributed by atoms with van der Waals surface area (Å²) in [6.45, 7) is 0. The Kier molecular flexibility index (Phi) is 4.36. The van der Waals surface area contributed by atoms with Crippen LogP contribution < -0.4 is 5.32 Å². The summed E-state index contributed by atoms with van der Waals surface area (Å²) in [7, 11) is 1.36. The molecule has 1 aliphatic carbocycles. The smallest absolute Gasteiger partial charge is 0.307 e. The van der Waals surface area contributed by atoms with Crippen molar-refractivity contribution < 1.29 is 14.3 Å². The zero-order valence-electron chi connectivity index (χ0n) is 10.3. The zero-order chi connectivity index (χ0) is 13.0. The highest BCUT2D eigenvalue weighted by Gasteiger charge is 2.28. The molecule has 1 atom stereocenters. The highest BCUT2D eigenvalue weighted by molar-refractivity contribution is 7.10. The van der Waals surface area contributed by atoms with E-state index in [2.05, 4.69) is 10.1 Å². The minimum Gasteiger partial charge on any atom is -0.469 e. The lowest BCUT2D eigenvalue weighted by atomic mass is 9.84. The molecule has 1 aromatic rings. The molecule has 18 heavy (non-hydrogen) atoms. The molecule has 0 unspecified atom stereocenters. The van der Waals surface area contributed by atoms with E-state index < -0.39 is 0 Å². The number of thiophene rings is 1. The third kappa shape index (κ3) is 3.10. The van der Waals surface area contributed by atoms with Crippen molar-refractivity contribution in [3.8, 4) is 0 Å². The van der Waals surface area contributed by atoms with Crippen molar-refractivity contribution >= 4 is 23.2 Å². The highest BCUT2D eigenvalue weighted by Crippen LogP contribution is 2.29. The third-order valence-corrected chi connectivity index (χ3v) is 4.26. The number of methoxy groups -OCH3 is 1. The Labute approximate surface area is 110 Å². The Morgan fingerprint density at radius 1 is 1.56 bits per heavy atom. The molecule has 0 radical (unpaired) electrons. The highest BCUT2D eigenvalue weighted by atomic mass is 32.1. The van der Waals surface area contributed by atoms with Crippen molar-refractivity contribution in [2.45, 2.75) is 31.7 Å². The summed E-state index contributed by atoms with van der Waals surface area (Å²) in [6, 6.07) is 3.59. The van der Waals surface area contributed by atoms with E-state index in [1.807, 2.05) is 17.5 Å². The second-order valence-electron chi connectivity index (χ2n) is 4.48. The van der Waals surface area contributed by atoms with Crippen LogP contribution in [0.3, 0.4) is 0 Å². The van der Waals surface area contributed by atoms with Crippen molar-refractivity contribution in [2.24, 2.45) is 5.92 Å². The monoisotopic (exact) mass is 267 g/mol. The Bertz CT molecular complexity index is 412. The molecule has 1 N–H and O–H groups in total. The number of rotatable bonds is 5. The molecule has 1 saturated carbocycles. The Morgan fingerprint density at radius 2 is 2.33 bits per heavy atom. The minimum atomic E-state index is -0.303. The van der Waals surface area contributed by atoms with Crippen molar-refractivity contribution in [3.05, 3.63) is 22.4 Å². The minimum absolute atomic E-state index is 0.0588. The maximum atomic E-state index is 11.9. The number of hydrogen-bond acceptors (Lipinski definition) is 4. The second kappa shape index (κ2) is 6.00. The van der Waals surface area contributed by atoms with E-state index >= 15 is 0 Å². The predicted molar refractivity (Wildman–Crippen MR) is 69.2 cm³/mol. The van der Waals surface area contributed by atoms with Gasteiger partial charge in [-0.3, -0.25) is 9.59 Å². The van der Waals surface area contributed by atoms with Crippen LogP contribution in [-0.2, 0) is 14.3 Å². The van der Waals surface area contributed by atoms with E-state index in [1.165, 1.54) is 7.11 Å². The average molecular weight is 267 g/mol. The van der Waals surface area contributed by atoms with Gasteiger partial charge in [0.25, 0.3) is 0 Å². The third-order valence-electron chi connectivity index (χ3n) is 3.28. The topological polar surface area (TPSA) is 55.4 Å². The van der Waals surface area contributed by atoms with E-state index in [1.54, 1.807) is 11.3 Å². The molecule has 2 rings (SSSR count). The standard InChI is InChI=1S/C13H17NO3S/c1-17-12(15)8-10(11-6-3-7-18-11)14-13(16)9-4-2-5-9/h3,6-7,9-10H,2,4-5,8H2,1H3,(H,14,16)/t10-/m0/s1. The normalized spacial score (nSPS) is 16.7. The predicted octanol–water partition coefficient (Wildman–Crippen LogP) is 2.27. The van der Waals surface area contributed by atoms with Gasteiger partial charge in [0.2, 0.25) is 5.91 Å². The lowest BCUT2D eigenvalue weighted by molar-refractivity contribution is -0.141. The van der Waals surface area contributed by atoms with E-state index in [0.29, 0.717) is 0 Å². The number of amides is 1. The van der Waals surface area contributed by atoms with Gasteiger partial charge in [0.05, 0.1) is 19.6 Å². The first-order valence-corrected chi connectivity index (χ1v) is 6.99. The molecule has 0 bridgehead atoms. The molecule has 0 spiro atoms. The number of carbonyl (C=O) groups excluding carboxylic acids is 2. The van der Waals surface area contributed by atoms with Crippen LogP contribution in [-0.4, -0.2) is 19.0 Å². The fourth-order valence-corrected chi connectivity index (χ4v) is 2.70. The van der Waals surface area contributed by atoms with Gasteiger partial charge in [0.15, 0.2) is 0 Å². The molecule has 0 aromatic carbocycles. The van der Waals surface area contributed by atoms with Crippen LogP contribution in [0.1, 0.15) is 36.6 Å². The fourth-order valence-electron chi connectivity index (χ4n) is 1.92. The fraction of sp³-hybridized carbons (Fsp3) is 0.538. The van der Waals surface area contributed by atoms with Crippen LogP contribution in [0.4, 0.5) is 0 Å². The van der Waals surface area contributed by atoms with Crippen molar-refractivity contribution in [2.75, 3.05) is 7.11 Å². The maximum absolute atomic E-state index is 11.9. The van der Waals surface area contributed by atoms with Gasteiger partial charge in [-0.2, -0.15) is 0 Å². The van der Waals surface area contributed by atoms with Gasteiger partial charge < -0.3 is 10.1 Å². The molecule has 98 valence electrons. The molecule has 0 aliphatic heterocycles. The quantitative estimate of drug-likeness (QED) is 0.833. The first kappa shape index (κ1) is 13.1. The summed E-state index contributed by atoms with van der Waals surface area (Å²) in [5.41, 5.74) is 0. The van der Waals surface area contributed by atoms with Crippen LogP contribution in [0.2, 0.25) is 0 Å². The number of hydrogen-bond donors (Lipinski definition) is 1. The van der Waals surface area contributed by atoms with Gasteiger partial charge in [-0.1, -0.05) is 12.5 Å². The largest absolute Gasteiger partial charge is 0.469 e. The molecule has 1 aromatic heterocycles. The summed E-state index contributed by atoms with van der Waals surface area (Å²) < 4.78 is 4.68. The molecule has 1 fully saturated rings. The van der Waals surface area contributed by atoms with Crippen molar-refractivity contribution in [1.29, 1.82) is 0 Å². The van der Waals surface area contributed by atoms with Crippen LogP contribution in [0.5, 0.6) is 0 Å². The molecule has 5 heteroatoms. The van der Waals surface area contributed by atoms with E-state index in [9.17, 15) is 9.59 Å². The van der Waals surface area contributed by atoms with Crippen LogP contribution in [0, 0.1) is 5.92 Å². The van der Waals surface area contributed by atoms with E-state index in [0.717, 1.165) is 24.1 Å². The second-order valence-corrected chi connectivity index (χ2v) is 5.46. The van der Waals surface area contributed by atoms with Crippen LogP contribution in [0.15, 0.2) is 17.5 Å². The molecule has 0 saturated heterocycles. The van der Waals surface area contributed by atoms with Crippen LogP contribution in [0.25, 0.3) is 0 Å². The molecule has 1 amide bonds. The van der Waals surface area contributed by atoms with Gasteiger partial charge in [-0.05, 0) is 24.3 Å². The van der Waals surface area contributed by atoms with Gasteiger partial charge in [-0.15, -0.1) is 11.3 Å². The van der Waals surface area contributed by atoms with Crippen molar-refractivity contribution in [1.82, 2.24) is 5.32 Å². The van der Waals surface area contributed by atoms with Crippen LogP contribution >= 0.6 is 11.3 Å². The molecule has 1 heterocycles. The lowest BCUT2D eigenvalue weighted by Crippen LogP contribution is -2.37. The lowest BCUT2D eigenvalue weighted by Gasteiger charge is -2.26. The van der Waals surface area contributed by atoms with E-state index in [-0.39, 0.29) is 30.3 Å². The molecule has 1 aliphatic rings. The summed E-state index contributed by atoms with van der Waals surface area (Å²) in [5, 5.41) is 4.90. The van der Waals surface area contributed by atoms with Crippen molar-refractivity contribution in [3.63, 3.8) is 0 Å². The zero-order valence-corrected chi connectivity index (χ0v) is 11.2.